The van der Waals surface area contributed by atoms with Crippen LogP contribution >= 0.6 is 0 Å². The molecule has 1 aromatic carbocycles. The zero-order valence-electron chi connectivity index (χ0n) is 13.2. The fraction of sp³-hybridized carbons (Fsp3) is 0.500. The molecule has 124 valence electrons. The predicted octanol–water partition coefficient (Wildman–Crippen LogP) is 2.40. The summed E-state index contributed by atoms with van der Waals surface area (Å²) in [6, 6.07) is 5.81. The number of halogens is 1. The first-order chi connectivity index (χ1) is 11.1. The standard InChI is InChI=1S/C16H20FN3O3/c1-11-7-20(8-12(2)22-11)9-16-18-15(19-23-16)10-21-14-5-3-13(17)4-6-14/h3-6,11-12H,7-10H2,1-2H3/t11-,12-/m0/s1. The van der Waals surface area contributed by atoms with Crippen LogP contribution in [0.5, 0.6) is 5.75 Å². The molecule has 0 N–H and O–H groups in total. The maximum absolute atomic E-state index is 12.8. The first-order valence-electron chi connectivity index (χ1n) is 7.66. The number of nitrogens with zero attached hydrogens (tertiary/aromatic N) is 3. The first kappa shape index (κ1) is 15.9. The molecule has 0 aliphatic carbocycles. The number of hydrogen-bond acceptors (Lipinski definition) is 6. The minimum absolute atomic E-state index is 0.186. The normalized spacial score (nSPS) is 22.2. The summed E-state index contributed by atoms with van der Waals surface area (Å²) < 4.78 is 29.3. The average Bonchev–Trinajstić information content (AvgIpc) is 2.93. The van der Waals surface area contributed by atoms with Crippen molar-refractivity contribution in [3.63, 3.8) is 0 Å². The van der Waals surface area contributed by atoms with Crippen LogP contribution in [0.3, 0.4) is 0 Å². The van der Waals surface area contributed by atoms with E-state index in [0.717, 1.165) is 13.1 Å². The van der Waals surface area contributed by atoms with Gasteiger partial charge in [0.1, 0.15) is 11.6 Å². The molecule has 0 saturated carbocycles. The molecule has 1 saturated heterocycles. The molecule has 0 unspecified atom stereocenters. The zero-order chi connectivity index (χ0) is 16.2. The van der Waals surface area contributed by atoms with Crippen LogP contribution in [-0.4, -0.2) is 40.3 Å². The van der Waals surface area contributed by atoms with Gasteiger partial charge in [-0.3, -0.25) is 4.90 Å². The summed E-state index contributed by atoms with van der Waals surface area (Å²) >= 11 is 0. The molecule has 1 aliphatic heterocycles. The Morgan fingerprint density at radius 3 is 2.61 bits per heavy atom. The summed E-state index contributed by atoms with van der Waals surface area (Å²) in [6.45, 7) is 6.58. The van der Waals surface area contributed by atoms with E-state index in [2.05, 4.69) is 28.9 Å². The van der Waals surface area contributed by atoms with Crippen molar-refractivity contribution in [3.05, 3.63) is 41.8 Å². The van der Waals surface area contributed by atoms with Crippen LogP contribution in [0.15, 0.2) is 28.8 Å². The molecular formula is C16H20FN3O3. The van der Waals surface area contributed by atoms with Gasteiger partial charge in [0.2, 0.25) is 11.7 Å². The third-order valence-corrected chi connectivity index (χ3v) is 3.55. The molecule has 2 heterocycles. The fourth-order valence-electron chi connectivity index (χ4n) is 2.70. The van der Waals surface area contributed by atoms with Crippen LogP contribution in [0.1, 0.15) is 25.6 Å². The maximum Gasteiger partial charge on any atom is 0.240 e. The highest BCUT2D eigenvalue weighted by molar-refractivity contribution is 5.22. The molecule has 0 bridgehead atoms. The van der Waals surface area contributed by atoms with E-state index in [-0.39, 0.29) is 24.6 Å². The molecule has 2 atom stereocenters. The lowest BCUT2D eigenvalue weighted by atomic mass is 10.2. The van der Waals surface area contributed by atoms with Crippen molar-refractivity contribution in [1.82, 2.24) is 15.0 Å². The Morgan fingerprint density at radius 2 is 1.91 bits per heavy atom. The third kappa shape index (κ3) is 4.49. The number of rotatable bonds is 5. The van der Waals surface area contributed by atoms with Crippen molar-refractivity contribution in [3.8, 4) is 5.75 Å². The van der Waals surface area contributed by atoms with Crippen LogP contribution in [0.4, 0.5) is 4.39 Å². The molecule has 6 nitrogen and oxygen atoms in total. The second-order valence-corrected chi connectivity index (χ2v) is 5.80. The van der Waals surface area contributed by atoms with Crippen molar-refractivity contribution in [2.45, 2.75) is 39.2 Å². The van der Waals surface area contributed by atoms with Crippen molar-refractivity contribution in [2.24, 2.45) is 0 Å². The van der Waals surface area contributed by atoms with Gasteiger partial charge < -0.3 is 14.0 Å². The molecular weight excluding hydrogens is 301 g/mol. The minimum Gasteiger partial charge on any atom is -0.485 e. The quantitative estimate of drug-likeness (QED) is 0.843. The summed E-state index contributed by atoms with van der Waals surface area (Å²) in [4.78, 5) is 6.56. The van der Waals surface area contributed by atoms with Gasteiger partial charge in [0, 0.05) is 13.1 Å². The highest BCUT2D eigenvalue weighted by Gasteiger charge is 2.23. The van der Waals surface area contributed by atoms with Gasteiger partial charge in [-0.05, 0) is 38.1 Å². The first-order valence-corrected chi connectivity index (χ1v) is 7.66. The maximum atomic E-state index is 12.8. The van der Waals surface area contributed by atoms with Crippen molar-refractivity contribution < 1.29 is 18.4 Å². The van der Waals surface area contributed by atoms with E-state index >= 15 is 0 Å². The van der Waals surface area contributed by atoms with Gasteiger partial charge in [-0.15, -0.1) is 0 Å². The number of benzene rings is 1. The van der Waals surface area contributed by atoms with Gasteiger partial charge in [0.25, 0.3) is 0 Å². The molecule has 23 heavy (non-hydrogen) atoms. The summed E-state index contributed by atoms with van der Waals surface area (Å²) in [5, 5.41) is 3.91. The van der Waals surface area contributed by atoms with Crippen LogP contribution in [0, 0.1) is 5.82 Å². The lowest BCUT2D eigenvalue weighted by Crippen LogP contribution is -2.44. The van der Waals surface area contributed by atoms with E-state index in [9.17, 15) is 4.39 Å². The monoisotopic (exact) mass is 321 g/mol. The van der Waals surface area contributed by atoms with Gasteiger partial charge in [0.15, 0.2) is 6.61 Å². The summed E-state index contributed by atoms with van der Waals surface area (Å²) in [7, 11) is 0. The molecule has 2 aromatic rings. The molecule has 0 amide bonds. The zero-order valence-corrected chi connectivity index (χ0v) is 13.2. The highest BCUT2D eigenvalue weighted by atomic mass is 19.1. The number of hydrogen-bond donors (Lipinski definition) is 0. The van der Waals surface area contributed by atoms with Gasteiger partial charge in [-0.25, -0.2) is 4.39 Å². The smallest absolute Gasteiger partial charge is 0.240 e. The van der Waals surface area contributed by atoms with E-state index in [1.165, 1.54) is 12.1 Å². The van der Waals surface area contributed by atoms with E-state index in [4.69, 9.17) is 14.0 Å². The van der Waals surface area contributed by atoms with Crippen molar-refractivity contribution >= 4 is 0 Å². The van der Waals surface area contributed by atoms with Crippen molar-refractivity contribution in [1.29, 1.82) is 0 Å². The van der Waals surface area contributed by atoms with Gasteiger partial charge in [0.05, 0.1) is 18.8 Å². The molecule has 0 spiro atoms. The SMILES string of the molecule is C[C@H]1CN(Cc2nc(COc3ccc(F)cc3)no2)C[C@H](C)O1. The Hall–Kier alpha value is -1.99. The molecule has 1 aromatic heterocycles. The minimum atomic E-state index is -0.298. The second kappa shape index (κ2) is 7.06. The lowest BCUT2D eigenvalue weighted by Gasteiger charge is -2.34. The van der Waals surface area contributed by atoms with E-state index < -0.39 is 0 Å². The summed E-state index contributed by atoms with van der Waals surface area (Å²) in [5.74, 6) is 1.30. The van der Waals surface area contributed by atoms with Gasteiger partial charge in [-0.2, -0.15) is 4.98 Å². The van der Waals surface area contributed by atoms with Crippen LogP contribution in [0.2, 0.25) is 0 Å². The largest absolute Gasteiger partial charge is 0.485 e. The van der Waals surface area contributed by atoms with E-state index in [0.29, 0.717) is 24.0 Å². The highest BCUT2D eigenvalue weighted by Crippen LogP contribution is 2.15. The Kier molecular flexibility index (Phi) is 4.88. The predicted molar refractivity (Wildman–Crippen MR) is 80.3 cm³/mol. The van der Waals surface area contributed by atoms with E-state index in [1.54, 1.807) is 12.1 Å². The van der Waals surface area contributed by atoms with Crippen LogP contribution in [-0.2, 0) is 17.9 Å². The van der Waals surface area contributed by atoms with Gasteiger partial charge >= 0.3 is 0 Å². The molecule has 7 heteroatoms. The third-order valence-electron chi connectivity index (χ3n) is 3.55. The summed E-state index contributed by atoms with van der Waals surface area (Å²) in [6.07, 6.45) is 0.394. The Balaban J connectivity index is 1.52. The molecule has 3 rings (SSSR count). The van der Waals surface area contributed by atoms with Crippen molar-refractivity contribution in [2.75, 3.05) is 13.1 Å². The molecule has 1 fully saturated rings. The topological polar surface area (TPSA) is 60.6 Å². The number of ether oxygens (including phenoxy) is 2. The summed E-state index contributed by atoms with van der Waals surface area (Å²) in [5.41, 5.74) is 0. The van der Waals surface area contributed by atoms with Crippen LogP contribution in [0.25, 0.3) is 0 Å². The molecule has 0 radical (unpaired) electrons. The van der Waals surface area contributed by atoms with Crippen LogP contribution < -0.4 is 4.74 Å². The lowest BCUT2D eigenvalue weighted by molar-refractivity contribution is -0.0725. The second-order valence-electron chi connectivity index (χ2n) is 5.80. The average molecular weight is 321 g/mol. The number of morpholine rings is 1. The Morgan fingerprint density at radius 1 is 1.22 bits per heavy atom. The number of aromatic nitrogens is 2. The molecule has 1 aliphatic rings. The Bertz CT molecular complexity index is 622. The van der Waals surface area contributed by atoms with E-state index in [1.807, 2.05) is 0 Å². The Labute approximate surface area is 134 Å². The van der Waals surface area contributed by atoms with Gasteiger partial charge in [-0.1, -0.05) is 5.16 Å². The fourth-order valence-corrected chi connectivity index (χ4v) is 2.70.